The molecule has 3 nitrogen and oxygen atoms in total. The highest BCUT2D eigenvalue weighted by Gasteiger charge is 2.20. The smallest absolute Gasteiger partial charge is 0.238 e. The van der Waals surface area contributed by atoms with Gasteiger partial charge in [0.05, 0.1) is 6.04 Å². The number of carbonyl (C=O) groups is 1. The maximum absolute atomic E-state index is 11.9. The van der Waals surface area contributed by atoms with Gasteiger partial charge in [-0.2, -0.15) is 11.8 Å². The molecule has 1 aromatic rings. The first-order chi connectivity index (χ1) is 8.27. The van der Waals surface area contributed by atoms with Gasteiger partial charge in [0.15, 0.2) is 0 Å². The first-order valence-electron chi connectivity index (χ1n) is 5.91. The molecule has 0 saturated carbocycles. The van der Waals surface area contributed by atoms with E-state index >= 15 is 0 Å². The minimum absolute atomic E-state index is 0.0298. The van der Waals surface area contributed by atoms with Crippen LogP contribution in [-0.4, -0.2) is 30.0 Å². The van der Waals surface area contributed by atoms with Gasteiger partial charge < -0.3 is 10.6 Å². The van der Waals surface area contributed by atoms with E-state index in [-0.39, 0.29) is 11.9 Å². The van der Waals surface area contributed by atoms with Crippen molar-refractivity contribution in [2.45, 2.75) is 19.5 Å². The topological polar surface area (TPSA) is 41.1 Å². The Hall–Kier alpha value is -1.000. The molecule has 2 rings (SSSR count). The minimum Gasteiger partial charge on any atom is -0.351 e. The van der Waals surface area contributed by atoms with Gasteiger partial charge in [0.1, 0.15) is 0 Å². The quantitative estimate of drug-likeness (QED) is 0.850. The average molecular weight is 250 g/mol. The van der Waals surface area contributed by atoms with Gasteiger partial charge in [-0.3, -0.25) is 4.79 Å². The lowest BCUT2D eigenvalue weighted by Gasteiger charge is -2.22. The van der Waals surface area contributed by atoms with Crippen molar-refractivity contribution < 1.29 is 4.79 Å². The molecule has 1 unspecified atom stereocenters. The Kier molecular flexibility index (Phi) is 4.45. The van der Waals surface area contributed by atoms with Gasteiger partial charge >= 0.3 is 0 Å². The van der Waals surface area contributed by atoms with Crippen LogP contribution in [0.3, 0.4) is 0 Å². The molecule has 1 amide bonds. The fourth-order valence-electron chi connectivity index (χ4n) is 1.85. The highest BCUT2D eigenvalue weighted by atomic mass is 32.2. The molecular weight excluding hydrogens is 232 g/mol. The maximum atomic E-state index is 11.9. The van der Waals surface area contributed by atoms with Gasteiger partial charge in [-0.1, -0.05) is 24.3 Å². The molecule has 0 radical (unpaired) electrons. The van der Waals surface area contributed by atoms with Crippen LogP contribution in [0.5, 0.6) is 0 Å². The first kappa shape index (κ1) is 12.5. The Balaban J connectivity index is 1.85. The molecule has 1 aromatic carbocycles. The Labute approximate surface area is 106 Å². The van der Waals surface area contributed by atoms with Crippen LogP contribution in [0.1, 0.15) is 11.1 Å². The number of carbonyl (C=O) groups excluding carboxylic acids is 1. The Morgan fingerprint density at radius 1 is 1.53 bits per heavy atom. The summed E-state index contributed by atoms with van der Waals surface area (Å²) in [6.45, 7) is 3.61. The van der Waals surface area contributed by atoms with Gasteiger partial charge in [-0.25, -0.2) is 0 Å². The summed E-state index contributed by atoms with van der Waals surface area (Å²) in [4.78, 5) is 11.9. The zero-order valence-corrected chi connectivity index (χ0v) is 10.8. The van der Waals surface area contributed by atoms with Crippen molar-refractivity contribution in [3.05, 3.63) is 35.4 Å². The number of thioether (sulfide) groups is 1. The summed E-state index contributed by atoms with van der Waals surface area (Å²) in [5, 5.41) is 6.23. The van der Waals surface area contributed by atoms with Crippen LogP contribution in [-0.2, 0) is 11.3 Å². The fraction of sp³-hybridized carbons (Fsp3) is 0.462. The van der Waals surface area contributed by atoms with Crippen molar-refractivity contribution >= 4 is 17.7 Å². The van der Waals surface area contributed by atoms with E-state index in [0.29, 0.717) is 6.54 Å². The van der Waals surface area contributed by atoms with E-state index < -0.39 is 0 Å². The number of hydrogen-bond donors (Lipinski definition) is 2. The SMILES string of the molecule is Cc1ccccc1CNC(=O)C1CSCCN1. The third-order valence-electron chi connectivity index (χ3n) is 2.95. The molecule has 1 aliphatic heterocycles. The molecule has 92 valence electrons. The Morgan fingerprint density at radius 2 is 2.35 bits per heavy atom. The van der Waals surface area contributed by atoms with Crippen molar-refractivity contribution in [2.24, 2.45) is 0 Å². The minimum atomic E-state index is -0.0298. The number of aryl methyl sites for hydroxylation is 1. The van der Waals surface area contributed by atoms with E-state index in [9.17, 15) is 4.79 Å². The molecular formula is C13H18N2OS. The van der Waals surface area contributed by atoms with Crippen LogP contribution in [0.4, 0.5) is 0 Å². The third-order valence-corrected chi connectivity index (χ3v) is 4.01. The summed E-state index contributed by atoms with van der Waals surface area (Å²) >= 11 is 1.83. The second kappa shape index (κ2) is 6.07. The van der Waals surface area contributed by atoms with E-state index in [4.69, 9.17) is 0 Å². The van der Waals surface area contributed by atoms with Crippen LogP contribution >= 0.6 is 11.8 Å². The molecule has 1 fully saturated rings. The summed E-state index contributed by atoms with van der Waals surface area (Å²) in [6, 6.07) is 8.11. The predicted octanol–water partition coefficient (Wildman–Crippen LogP) is 1.32. The first-order valence-corrected chi connectivity index (χ1v) is 7.06. The second-order valence-corrected chi connectivity index (χ2v) is 5.38. The normalized spacial score (nSPS) is 19.9. The lowest BCUT2D eigenvalue weighted by Crippen LogP contribution is -2.48. The van der Waals surface area contributed by atoms with Gasteiger partial charge in [-0.05, 0) is 18.1 Å². The highest BCUT2D eigenvalue weighted by Crippen LogP contribution is 2.09. The molecule has 1 aliphatic rings. The van der Waals surface area contributed by atoms with Crippen LogP contribution in [0, 0.1) is 6.92 Å². The van der Waals surface area contributed by atoms with Crippen molar-refractivity contribution in [2.75, 3.05) is 18.1 Å². The van der Waals surface area contributed by atoms with Crippen LogP contribution in [0.2, 0.25) is 0 Å². The van der Waals surface area contributed by atoms with Crippen molar-refractivity contribution in [1.82, 2.24) is 10.6 Å². The molecule has 1 heterocycles. The number of benzene rings is 1. The van der Waals surface area contributed by atoms with Gasteiger partial charge in [0, 0.05) is 24.6 Å². The lowest BCUT2D eigenvalue weighted by molar-refractivity contribution is -0.122. The summed E-state index contributed by atoms with van der Waals surface area (Å²) in [7, 11) is 0. The summed E-state index contributed by atoms with van der Waals surface area (Å²) in [5.41, 5.74) is 2.41. The Morgan fingerprint density at radius 3 is 3.06 bits per heavy atom. The summed E-state index contributed by atoms with van der Waals surface area (Å²) < 4.78 is 0. The fourth-order valence-corrected chi connectivity index (χ4v) is 2.78. The maximum Gasteiger partial charge on any atom is 0.238 e. The average Bonchev–Trinajstić information content (AvgIpc) is 2.38. The molecule has 2 N–H and O–H groups in total. The molecule has 0 aromatic heterocycles. The third kappa shape index (κ3) is 3.48. The number of hydrogen-bond acceptors (Lipinski definition) is 3. The monoisotopic (exact) mass is 250 g/mol. The van der Waals surface area contributed by atoms with Gasteiger partial charge in [0.25, 0.3) is 0 Å². The van der Waals surface area contributed by atoms with Crippen LogP contribution < -0.4 is 10.6 Å². The van der Waals surface area contributed by atoms with Crippen LogP contribution in [0.25, 0.3) is 0 Å². The lowest BCUT2D eigenvalue weighted by atomic mass is 10.1. The van der Waals surface area contributed by atoms with Crippen LogP contribution in [0.15, 0.2) is 24.3 Å². The zero-order valence-electron chi connectivity index (χ0n) is 10.0. The number of rotatable bonds is 3. The van der Waals surface area contributed by atoms with E-state index in [1.807, 2.05) is 23.9 Å². The zero-order chi connectivity index (χ0) is 12.1. The standard InChI is InChI=1S/C13H18N2OS/c1-10-4-2-3-5-11(10)8-15-13(16)12-9-17-7-6-14-12/h2-5,12,14H,6-9H2,1H3,(H,15,16). The van der Waals surface area contributed by atoms with E-state index in [2.05, 4.69) is 29.7 Å². The molecule has 4 heteroatoms. The molecule has 1 atom stereocenters. The largest absolute Gasteiger partial charge is 0.351 e. The van der Waals surface area contributed by atoms with Gasteiger partial charge in [0.2, 0.25) is 5.91 Å². The molecule has 0 bridgehead atoms. The summed E-state index contributed by atoms with van der Waals surface area (Å²) in [5.74, 6) is 2.08. The Bertz CT molecular complexity index is 389. The summed E-state index contributed by atoms with van der Waals surface area (Å²) in [6.07, 6.45) is 0. The predicted molar refractivity (Wildman–Crippen MR) is 72.1 cm³/mol. The number of amides is 1. The van der Waals surface area contributed by atoms with Crippen molar-refractivity contribution in [3.8, 4) is 0 Å². The molecule has 1 saturated heterocycles. The van der Waals surface area contributed by atoms with Crippen molar-refractivity contribution in [3.63, 3.8) is 0 Å². The van der Waals surface area contributed by atoms with E-state index in [1.165, 1.54) is 11.1 Å². The van der Waals surface area contributed by atoms with Gasteiger partial charge in [-0.15, -0.1) is 0 Å². The second-order valence-electron chi connectivity index (χ2n) is 4.23. The van der Waals surface area contributed by atoms with Crippen molar-refractivity contribution in [1.29, 1.82) is 0 Å². The highest BCUT2D eigenvalue weighted by molar-refractivity contribution is 7.99. The van der Waals surface area contributed by atoms with E-state index in [0.717, 1.165) is 18.1 Å². The van der Waals surface area contributed by atoms with E-state index in [1.54, 1.807) is 0 Å². The molecule has 17 heavy (non-hydrogen) atoms. The molecule has 0 spiro atoms. The number of nitrogens with one attached hydrogen (secondary N) is 2. The molecule has 0 aliphatic carbocycles.